The van der Waals surface area contributed by atoms with Gasteiger partial charge in [-0.3, -0.25) is 0 Å². The van der Waals surface area contributed by atoms with E-state index in [1.807, 2.05) is 12.1 Å². The van der Waals surface area contributed by atoms with E-state index in [1.54, 1.807) is 19.2 Å². The van der Waals surface area contributed by atoms with Gasteiger partial charge in [-0.1, -0.05) is 19.1 Å². The summed E-state index contributed by atoms with van der Waals surface area (Å²) in [4.78, 5) is 0. The Morgan fingerprint density at radius 3 is 2.47 bits per heavy atom. The summed E-state index contributed by atoms with van der Waals surface area (Å²) in [6.07, 6.45) is 1.02. The summed E-state index contributed by atoms with van der Waals surface area (Å²) in [6.45, 7) is 6.06. The lowest BCUT2D eigenvalue weighted by molar-refractivity contribution is 0.192. The highest BCUT2D eigenvalue weighted by Crippen LogP contribution is 2.15. The van der Waals surface area contributed by atoms with Crippen molar-refractivity contribution in [2.24, 2.45) is 5.92 Å². The monoisotopic (exact) mass is 237 g/mol. The molecule has 0 saturated heterocycles. The number of ether oxygens (including phenoxy) is 1. The van der Waals surface area contributed by atoms with Gasteiger partial charge in [0.05, 0.1) is 6.61 Å². The number of aromatic hydroxyl groups is 1. The average molecular weight is 237 g/mol. The SMILES string of the molecule is COCCNC(C)C(C)Cc1ccc(O)cc1. The Bertz CT molecular complexity index is 311. The number of rotatable bonds is 7. The maximum absolute atomic E-state index is 9.22. The van der Waals surface area contributed by atoms with Crippen LogP contribution in [-0.4, -0.2) is 31.4 Å². The van der Waals surface area contributed by atoms with Crippen LogP contribution in [0, 0.1) is 5.92 Å². The molecule has 2 N–H and O–H groups in total. The van der Waals surface area contributed by atoms with Crippen molar-refractivity contribution >= 4 is 0 Å². The Morgan fingerprint density at radius 1 is 1.24 bits per heavy atom. The van der Waals surface area contributed by atoms with Gasteiger partial charge in [-0.15, -0.1) is 0 Å². The molecule has 0 heterocycles. The zero-order valence-corrected chi connectivity index (χ0v) is 10.9. The van der Waals surface area contributed by atoms with Crippen molar-refractivity contribution in [2.75, 3.05) is 20.3 Å². The van der Waals surface area contributed by atoms with Crippen LogP contribution in [-0.2, 0) is 11.2 Å². The molecule has 17 heavy (non-hydrogen) atoms. The second-order valence-corrected chi connectivity index (χ2v) is 4.58. The minimum atomic E-state index is 0.327. The molecule has 2 unspecified atom stereocenters. The van der Waals surface area contributed by atoms with Crippen molar-refractivity contribution < 1.29 is 9.84 Å². The smallest absolute Gasteiger partial charge is 0.115 e. The highest BCUT2D eigenvalue weighted by molar-refractivity contribution is 5.26. The van der Waals surface area contributed by atoms with Crippen LogP contribution in [0.2, 0.25) is 0 Å². The Kier molecular flexibility index (Phi) is 6.01. The highest BCUT2D eigenvalue weighted by Gasteiger charge is 2.11. The van der Waals surface area contributed by atoms with E-state index in [0.717, 1.165) is 19.6 Å². The molecule has 0 radical (unpaired) electrons. The molecule has 0 aliphatic heterocycles. The quantitative estimate of drug-likeness (QED) is 0.714. The largest absolute Gasteiger partial charge is 0.508 e. The van der Waals surface area contributed by atoms with Gasteiger partial charge in [-0.05, 0) is 37.0 Å². The number of nitrogens with one attached hydrogen (secondary N) is 1. The molecule has 3 nitrogen and oxygen atoms in total. The molecule has 1 aromatic carbocycles. The van der Waals surface area contributed by atoms with Crippen LogP contribution in [0.3, 0.4) is 0 Å². The van der Waals surface area contributed by atoms with Crippen LogP contribution in [0.4, 0.5) is 0 Å². The molecular formula is C14H23NO2. The second kappa shape index (κ2) is 7.30. The Hall–Kier alpha value is -1.06. The first-order valence-corrected chi connectivity index (χ1v) is 6.13. The number of hydrogen-bond donors (Lipinski definition) is 2. The van der Waals surface area contributed by atoms with Crippen molar-refractivity contribution in [1.29, 1.82) is 0 Å². The van der Waals surface area contributed by atoms with Crippen molar-refractivity contribution in [3.8, 4) is 5.75 Å². The first-order valence-electron chi connectivity index (χ1n) is 6.13. The molecule has 0 aromatic heterocycles. The summed E-state index contributed by atoms with van der Waals surface area (Å²) >= 11 is 0. The highest BCUT2D eigenvalue weighted by atomic mass is 16.5. The summed E-state index contributed by atoms with van der Waals surface area (Å²) in [5.41, 5.74) is 1.26. The van der Waals surface area contributed by atoms with Crippen LogP contribution in [0.1, 0.15) is 19.4 Å². The third-order valence-corrected chi connectivity index (χ3v) is 3.12. The molecule has 0 bridgehead atoms. The Labute approximate surface area is 104 Å². The standard InChI is InChI=1S/C14H23NO2/c1-11(12(2)15-8-9-17-3)10-13-4-6-14(16)7-5-13/h4-7,11-12,15-16H,8-10H2,1-3H3. The fourth-order valence-electron chi connectivity index (χ4n) is 1.77. The molecule has 0 spiro atoms. The minimum Gasteiger partial charge on any atom is -0.508 e. The summed E-state index contributed by atoms with van der Waals surface area (Å²) < 4.78 is 5.01. The van der Waals surface area contributed by atoms with Gasteiger partial charge in [0, 0.05) is 19.7 Å². The van der Waals surface area contributed by atoms with Gasteiger partial charge in [-0.2, -0.15) is 0 Å². The number of benzene rings is 1. The normalized spacial score (nSPS) is 14.5. The van der Waals surface area contributed by atoms with Crippen LogP contribution < -0.4 is 5.32 Å². The van der Waals surface area contributed by atoms with Gasteiger partial charge < -0.3 is 15.2 Å². The molecule has 3 heteroatoms. The zero-order valence-electron chi connectivity index (χ0n) is 10.9. The van der Waals surface area contributed by atoms with E-state index < -0.39 is 0 Å². The first kappa shape index (κ1) is 14.0. The average Bonchev–Trinajstić information content (AvgIpc) is 2.32. The molecule has 1 rings (SSSR count). The fraction of sp³-hybridized carbons (Fsp3) is 0.571. The van der Waals surface area contributed by atoms with Gasteiger partial charge in [-0.25, -0.2) is 0 Å². The maximum atomic E-state index is 9.22. The van der Waals surface area contributed by atoms with E-state index >= 15 is 0 Å². The van der Waals surface area contributed by atoms with E-state index in [1.165, 1.54) is 5.56 Å². The van der Waals surface area contributed by atoms with Crippen molar-refractivity contribution in [3.63, 3.8) is 0 Å². The summed E-state index contributed by atoms with van der Waals surface area (Å²) in [6, 6.07) is 7.90. The van der Waals surface area contributed by atoms with Gasteiger partial charge in [0.2, 0.25) is 0 Å². The van der Waals surface area contributed by atoms with Crippen molar-refractivity contribution in [3.05, 3.63) is 29.8 Å². The number of methoxy groups -OCH3 is 1. The lowest BCUT2D eigenvalue weighted by Crippen LogP contribution is -2.35. The van der Waals surface area contributed by atoms with E-state index in [2.05, 4.69) is 19.2 Å². The first-order chi connectivity index (χ1) is 8.13. The maximum Gasteiger partial charge on any atom is 0.115 e. The number of phenolic OH excluding ortho intramolecular Hbond substituents is 1. The molecule has 0 fully saturated rings. The van der Waals surface area contributed by atoms with Crippen molar-refractivity contribution in [2.45, 2.75) is 26.3 Å². The molecule has 0 aliphatic rings. The minimum absolute atomic E-state index is 0.327. The number of phenols is 1. The van der Waals surface area contributed by atoms with Crippen molar-refractivity contribution in [1.82, 2.24) is 5.32 Å². The van der Waals surface area contributed by atoms with Gasteiger partial charge >= 0.3 is 0 Å². The van der Waals surface area contributed by atoms with Crippen LogP contribution in [0.15, 0.2) is 24.3 Å². The van der Waals surface area contributed by atoms with E-state index in [0.29, 0.717) is 17.7 Å². The molecule has 96 valence electrons. The summed E-state index contributed by atoms with van der Waals surface area (Å²) in [5, 5.41) is 12.7. The summed E-state index contributed by atoms with van der Waals surface area (Å²) in [5.74, 6) is 0.879. The van der Waals surface area contributed by atoms with Crippen LogP contribution >= 0.6 is 0 Å². The van der Waals surface area contributed by atoms with E-state index in [9.17, 15) is 5.11 Å². The van der Waals surface area contributed by atoms with Crippen LogP contribution in [0.25, 0.3) is 0 Å². The van der Waals surface area contributed by atoms with Gasteiger partial charge in [0.15, 0.2) is 0 Å². The van der Waals surface area contributed by atoms with E-state index in [-0.39, 0.29) is 0 Å². The molecule has 1 aromatic rings. The topological polar surface area (TPSA) is 41.5 Å². The Morgan fingerprint density at radius 2 is 1.88 bits per heavy atom. The molecule has 2 atom stereocenters. The molecule has 0 saturated carbocycles. The van der Waals surface area contributed by atoms with Gasteiger partial charge in [0.25, 0.3) is 0 Å². The lowest BCUT2D eigenvalue weighted by atomic mass is 9.95. The third-order valence-electron chi connectivity index (χ3n) is 3.12. The Balaban J connectivity index is 2.37. The van der Waals surface area contributed by atoms with Crippen LogP contribution in [0.5, 0.6) is 5.75 Å². The predicted octanol–water partition coefficient (Wildman–Crippen LogP) is 2.20. The second-order valence-electron chi connectivity index (χ2n) is 4.58. The summed E-state index contributed by atoms with van der Waals surface area (Å²) in [7, 11) is 1.71. The van der Waals surface area contributed by atoms with Gasteiger partial charge in [0.1, 0.15) is 5.75 Å². The zero-order chi connectivity index (χ0) is 12.7. The fourth-order valence-corrected chi connectivity index (χ4v) is 1.77. The number of hydrogen-bond acceptors (Lipinski definition) is 3. The molecular weight excluding hydrogens is 214 g/mol. The molecule has 0 aliphatic carbocycles. The lowest BCUT2D eigenvalue weighted by Gasteiger charge is -2.21. The molecule has 0 amide bonds. The third kappa shape index (κ3) is 5.20. The predicted molar refractivity (Wildman–Crippen MR) is 70.3 cm³/mol. The van der Waals surface area contributed by atoms with E-state index in [4.69, 9.17) is 4.74 Å².